The van der Waals surface area contributed by atoms with Gasteiger partial charge in [-0.2, -0.15) is 0 Å². The first kappa shape index (κ1) is 8.97. The van der Waals surface area contributed by atoms with Crippen LogP contribution in [-0.4, -0.2) is 30.0 Å². The molecule has 1 rings (SSSR count). The van der Waals surface area contributed by atoms with Crippen molar-refractivity contribution in [1.29, 1.82) is 0 Å². The highest BCUT2D eigenvalue weighted by atomic mass is 16.5. The lowest BCUT2D eigenvalue weighted by Crippen LogP contribution is -2.41. The molecule has 0 spiro atoms. The van der Waals surface area contributed by atoms with Crippen molar-refractivity contribution < 1.29 is 9.84 Å². The van der Waals surface area contributed by atoms with Crippen LogP contribution in [-0.2, 0) is 4.74 Å². The van der Waals surface area contributed by atoms with Gasteiger partial charge in [0, 0.05) is 12.6 Å². The van der Waals surface area contributed by atoms with E-state index in [2.05, 4.69) is 0 Å². The Labute approximate surface area is 67.5 Å². The van der Waals surface area contributed by atoms with Crippen molar-refractivity contribution in [1.82, 2.24) is 0 Å². The molecule has 1 fully saturated rings. The van der Waals surface area contributed by atoms with Gasteiger partial charge in [0.2, 0.25) is 0 Å². The maximum absolute atomic E-state index is 8.90. The molecule has 1 atom stereocenters. The average molecular weight is 159 g/mol. The summed E-state index contributed by atoms with van der Waals surface area (Å²) in [5.74, 6) is 0. The molecule has 0 aromatic rings. The van der Waals surface area contributed by atoms with Crippen LogP contribution in [0.1, 0.15) is 26.2 Å². The van der Waals surface area contributed by atoms with Crippen LogP contribution >= 0.6 is 0 Å². The molecule has 0 aliphatic heterocycles. The molecule has 3 nitrogen and oxygen atoms in total. The zero-order valence-corrected chi connectivity index (χ0v) is 6.99. The Morgan fingerprint density at radius 3 is 2.73 bits per heavy atom. The quantitative estimate of drug-likeness (QED) is 0.619. The second-order valence-corrected chi connectivity index (χ2v) is 3.36. The van der Waals surface area contributed by atoms with E-state index in [1.807, 2.05) is 0 Å². The van der Waals surface area contributed by atoms with Crippen molar-refractivity contribution in [2.75, 3.05) is 6.61 Å². The van der Waals surface area contributed by atoms with Crippen LogP contribution in [0.15, 0.2) is 0 Å². The largest absolute Gasteiger partial charge is 0.393 e. The fourth-order valence-electron chi connectivity index (χ4n) is 1.15. The van der Waals surface area contributed by atoms with Crippen molar-refractivity contribution in [3.05, 3.63) is 0 Å². The molecule has 1 saturated carbocycles. The Hall–Kier alpha value is -0.120. The van der Waals surface area contributed by atoms with Gasteiger partial charge in [0.25, 0.3) is 0 Å². The number of hydrogen-bond acceptors (Lipinski definition) is 3. The molecule has 0 saturated heterocycles. The first-order valence-electron chi connectivity index (χ1n) is 4.23. The van der Waals surface area contributed by atoms with E-state index in [1.165, 1.54) is 0 Å². The van der Waals surface area contributed by atoms with E-state index in [1.54, 1.807) is 6.92 Å². The Balaban J connectivity index is 1.89. The Morgan fingerprint density at radius 2 is 2.27 bits per heavy atom. The number of aliphatic hydroxyl groups is 1. The van der Waals surface area contributed by atoms with E-state index in [0.717, 1.165) is 19.3 Å². The Kier molecular flexibility index (Phi) is 3.30. The summed E-state index contributed by atoms with van der Waals surface area (Å²) < 4.78 is 5.42. The summed E-state index contributed by atoms with van der Waals surface area (Å²) in [5, 5.41) is 8.90. The Bertz CT molecular complexity index is 111. The maximum atomic E-state index is 8.90. The molecular weight excluding hydrogens is 142 g/mol. The van der Waals surface area contributed by atoms with Crippen LogP contribution in [0.2, 0.25) is 0 Å². The summed E-state index contributed by atoms with van der Waals surface area (Å²) in [5.41, 5.74) is 5.57. The predicted molar refractivity (Wildman–Crippen MR) is 43.2 cm³/mol. The summed E-state index contributed by atoms with van der Waals surface area (Å²) in [4.78, 5) is 0. The number of nitrogens with two attached hydrogens (primary N) is 1. The van der Waals surface area contributed by atoms with Gasteiger partial charge in [0.1, 0.15) is 0 Å². The van der Waals surface area contributed by atoms with Gasteiger partial charge in [-0.3, -0.25) is 0 Å². The van der Waals surface area contributed by atoms with Gasteiger partial charge >= 0.3 is 0 Å². The molecule has 0 amide bonds. The summed E-state index contributed by atoms with van der Waals surface area (Å²) in [6.45, 7) is 2.44. The second-order valence-electron chi connectivity index (χ2n) is 3.36. The van der Waals surface area contributed by atoms with Crippen LogP contribution in [0.3, 0.4) is 0 Å². The molecule has 11 heavy (non-hydrogen) atoms. The van der Waals surface area contributed by atoms with Crippen molar-refractivity contribution >= 4 is 0 Å². The zero-order valence-electron chi connectivity index (χ0n) is 6.99. The van der Waals surface area contributed by atoms with Crippen LogP contribution in [0.5, 0.6) is 0 Å². The minimum absolute atomic E-state index is 0.247. The molecule has 1 aliphatic rings. The summed E-state index contributed by atoms with van der Waals surface area (Å²) >= 11 is 0. The van der Waals surface area contributed by atoms with Gasteiger partial charge in [-0.25, -0.2) is 0 Å². The van der Waals surface area contributed by atoms with Gasteiger partial charge in [0.15, 0.2) is 0 Å². The third-order valence-corrected chi connectivity index (χ3v) is 2.02. The first-order valence-corrected chi connectivity index (χ1v) is 4.23. The van der Waals surface area contributed by atoms with Gasteiger partial charge in [0.05, 0.1) is 12.2 Å². The van der Waals surface area contributed by atoms with Gasteiger partial charge < -0.3 is 15.6 Å². The molecule has 0 aromatic heterocycles. The van der Waals surface area contributed by atoms with E-state index < -0.39 is 0 Å². The lowest BCUT2D eigenvalue weighted by atomic mass is 9.90. The number of hydrogen-bond donors (Lipinski definition) is 2. The lowest BCUT2D eigenvalue weighted by molar-refractivity contribution is -0.0198. The minimum atomic E-state index is -0.247. The molecule has 0 aromatic carbocycles. The van der Waals surface area contributed by atoms with Crippen molar-refractivity contribution in [3.63, 3.8) is 0 Å². The number of ether oxygens (including phenoxy) is 1. The smallest absolute Gasteiger partial charge is 0.0604 e. The van der Waals surface area contributed by atoms with Crippen LogP contribution in [0, 0.1) is 0 Å². The van der Waals surface area contributed by atoms with Crippen molar-refractivity contribution in [2.24, 2.45) is 5.73 Å². The standard InChI is InChI=1S/C8H17NO2/c1-6(10)2-3-11-8-4-7(9)5-8/h6-8,10H,2-5,9H2,1H3. The van der Waals surface area contributed by atoms with E-state index in [-0.39, 0.29) is 6.10 Å². The van der Waals surface area contributed by atoms with Crippen LogP contribution < -0.4 is 5.73 Å². The highest BCUT2D eigenvalue weighted by molar-refractivity contribution is 4.82. The summed E-state index contributed by atoms with van der Waals surface area (Å²) in [6.07, 6.45) is 2.82. The molecule has 1 aliphatic carbocycles. The first-order chi connectivity index (χ1) is 5.18. The maximum Gasteiger partial charge on any atom is 0.0604 e. The van der Waals surface area contributed by atoms with Gasteiger partial charge in [-0.15, -0.1) is 0 Å². The average Bonchev–Trinajstić information content (AvgIpc) is 1.83. The fraction of sp³-hybridized carbons (Fsp3) is 1.00. The lowest BCUT2D eigenvalue weighted by Gasteiger charge is -2.32. The minimum Gasteiger partial charge on any atom is -0.393 e. The van der Waals surface area contributed by atoms with Crippen molar-refractivity contribution in [3.8, 4) is 0 Å². The SMILES string of the molecule is CC(O)CCOC1CC(N)C1. The fourth-order valence-corrected chi connectivity index (χ4v) is 1.15. The highest BCUT2D eigenvalue weighted by Crippen LogP contribution is 2.21. The van der Waals surface area contributed by atoms with Crippen LogP contribution in [0.4, 0.5) is 0 Å². The second kappa shape index (κ2) is 4.04. The van der Waals surface area contributed by atoms with E-state index in [9.17, 15) is 0 Å². The third kappa shape index (κ3) is 3.18. The monoisotopic (exact) mass is 159 g/mol. The third-order valence-electron chi connectivity index (χ3n) is 2.02. The van der Waals surface area contributed by atoms with E-state index in [4.69, 9.17) is 15.6 Å². The Morgan fingerprint density at radius 1 is 1.64 bits per heavy atom. The topological polar surface area (TPSA) is 55.5 Å². The van der Waals surface area contributed by atoms with E-state index in [0.29, 0.717) is 18.8 Å². The molecule has 0 radical (unpaired) electrons. The number of aliphatic hydroxyl groups excluding tert-OH is 1. The highest BCUT2D eigenvalue weighted by Gasteiger charge is 2.26. The number of rotatable bonds is 4. The van der Waals surface area contributed by atoms with Crippen molar-refractivity contribution in [2.45, 2.75) is 44.4 Å². The molecule has 66 valence electrons. The molecule has 1 unspecified atom stereocenters. The predicted octanol–water partition coefficient (Wildman–Crippen LogP) is 0.264. The zero-order chi connectivity index (χ0) is 8.27. The summed E-state index contributed by atoms with van der Waals surface area (Å²) in [6, 6.07) is 0.353. The molecule has 3 heteroatoms. The molecule has 0 heterocycles. The van der Waals surface area contributed by atoms with E-state index >= 15 is 0 Å². The van der Waals surface area contributed by atoms with Gasteiger partial charge in [-0.1, -0.05) is 0 Å². The summed E-state index contributed by atoms with van der Waals surface area (Å²) in [7, 11) is 0. The molecular formula is C8H17NO2. The molecule has 3 N–H and O–H groups in total. The van der Waals surface area contributed by atoms with Gasteiger partial charge in [-0.05, 0) is 26.2 Å². The molecule has 0 bridgehead atoms. The van der Waals surface area contributed by atoms with Crippen LogP contribution in [0.25, 0.3) is 0 Å². The normalized spacial score (nSPS) is 33.0.